The van der Waals surface area contributed by atoms with E-state index in [2.05, 4.69) is 30.4 Å². The third kappa shape index (κ3) is 2.32. The Morgan fingerprint density at radius 2 is 1.95 bits per heavy atom. The summed E-state index contributed by atoms with van der Waals surface area (Å²) in [6.07, 6.45) is 1.34. The van der Waals surface area contributed by atoms with Crippen LogP contribution in [0.25, 0.3) is 0 Å². The Hall–Kier alpha value is -2.13. The first kappa shape index (κ1) is 12.9. The zero-order chi connectivity index (χ0) is 14.1. The van der Waals surface area contributed by atoms with Gasteiger partial charge in [-0.15, -0.1) is 0 Å². The molecule has 1 atom stereocenters. The Kier molecular flexibility index (Phi) is 3.28. The van der Waals surface area contributed by atoms with E-state index in [1.165, 1.54) is 11.1 Å². The SMILES string of the molecule is Cc1ccccc1C(N)c1ccc2c(c1)CCC(=O)N2. The molecule has 0 saturated carbocycles. The van der Waals surface area contributed by atoms with Crippen molar-refractivity contribution in [1.82, 2.24) is 0 Å². The molecular weight excluding hydrogens is 248 g/mol. The molecule has 3 rings (SSSR count). The van der Waals surface area contributed by atoms with Crippen molar-refractivity contribution in [3.63, 3.8) is 0 Å². The zero-order valence-corrected chi connectivity index (χ0v) is 11.5. The van der Waals surface area contributed by atoms with Gasteiger partial charge in [0.15, 0.2) is 0 Å². The maximum atomic E-state index is 11.4. The standard InChI is InChI=1S/C17H18N2O/c1-11-4-2-3-5-14(11)17(18)13-6-8-15-12(10-13)7-9-16(20)19-15/h2-6,8,10,17H,7,9,18H2,1H3,(H,19,20). The molecule has 0 radical (unpaired) electrons. The van der Waals surface area contributed by atoms with Gasteiger partial charge in [-0.05, 0) is 41.7 Å². The molecule has 0 aliphatic carbocycles. The summed E-state index contributed by atoms with van der Waals surface area (Å²) >= 11 is 0. The van der Waals surface area contributed by atoms with Crippen LogP contribution in [0.15, 0.2) is 42.5 Å². The van der Waals surface area contributed by atoms with Gasteiger partial charge in [0, 0.05) is 12.1 Å². The number of nitrogens with one attached hydrogen (secondary N) is 1. The average molecular weight is 266 g/mol. The predicted molar refractivity (Wildman–Crippen MR) is 80.6 cm³/mol. The molecule has 2 aromatic rings. The molecule has 1 heterocycles. The maximum Gasteiger partial charge on any atom is 0.224 e. The van der Waals surface area contributed by atoms with Gasteiger partial charge in [-0.3, -0.25) is 4.79 Å². The second kappa shape index (κ2) is 5.10. The molecule has 1 aliphatic heterocycles. The minimum atomic E-state index is -0.126. The molecule has 0 fully saturated rings. The minimum absolute atomic E-state index is 0.0912. The highest BCUT2D eigenvalue weighted by molar-refractivity contribution is 5.93. The first-order chi connectivity index (χ1) is 9.65. The van der Waals surface area contributed by atoms with Gasteiger partial charge in [-0.1, -0.05) is 36.4 Å². The Morgan fingerprint density at radius 1 is 1.15 bits per heavy atom. The molecule has 1 aliphatic rings. The van der Waals surface area contributed by atoms with Crippen LogP contribution in [0.1, 0.15) is 34.7 Å². The molecule has 0 bridgehead atoms. The minimum Gasteiger partial charge on any atom is -0.326 e. The van der Waals surface area contributed by atoms with E-state index >= 15 is 0 Å². The van der Waals surface area contributed by atoms with E-state index < -0.39 is 0 Å². The van der Waals surface area contributed by atoms with E-state index in [0.29, 0.717) is 6.42 Å². The van der Waals surface area contributed by atoms with Gasteiger partial charge in [0.05, 0.1) is 6.04 Å². The number of aryl methyl sites for hydroxylation is 2. The van der Waals surface area contributed by atoms with Crippen LogP contribution in [-0.2, 0) is 11.2 Å². The lowest BCUT2D eigenvalue weighted by atomic mass is 9.92. The molecule has 20 heavy (non-hydrogen) atoms. The van der Waals surface area contributed by atoms with Crippen LogP contribution in [0.5, 0.6) is 0 Å². The molecule has 1 amide bonds. The van der Waals surface area contributed by atoms with Crippen LogP contribution >= 0.6 is 0 Å². The largest absolute Gasteiger partial charge is 0.326 e. The van der Waals surface area contributed by atoms with Crippen molar-refractivity contribution in [3.05, 3.63) is 64.7 Å². The molecule has 3 N–H and O–H groups in total. The molecule has 3 heteroatoms. The van der Waals surface area contributed by atoms with E-state index in [1.54, 1.807) is 0 Å². The second-order valence-corrected chi connectivity index (χ2v) is 5.30. The Morgan fingerprint density at radius 3 is 2.75 bits per heavy atom. The number of benzene rings is 2. The molecule has 0 saturated heterocycles. The fraction of sp³-hybridized carbons (Fsp3) is 0.235. The van der Waals surface area contributed by atoms with Crippen molar-refractivity contribution in [2.45, 2.75) is 25.8 Å². The number of hydrogen-bond acceptors (Lipinski definition) is 2. The van der Waals surface area contributed by atoms with Crippen molar-refractivity contribution < 1.29 is 4.79 Å². The lowest BCUT2D eigenvalue weighted by Crippen LogP contribution is -2.20. The van der Waals surface area contributed by atoms with Gasteiger partial charge in [0.25, 0.3) is 0 Å². The van der Waals surface area contributed by atoms with Crippen molar-refractivity contribution >= 4 is 11.6 Å². The maximum absolute atomic E-state index is 11.4. The monoisotopic (exact) mass is 266 g/mol. The zero-order valence-electron chi connectivity index (χ0n) is 11.5. The summed E-state index contributed by atoms with van der Waals surface area (Å²) < 4.78 is 0. The molecule has 1 unspecified atom stereocenters. The summed E-state index contributed by atoms with van der Waals surface area (Å²) in [4.78, 5) is 11.4. The first-order valence-electron chi connectivity index (χ1n) is 6.89. The number of carbonyl (C=O) groups excluding carboxylic acids is 1. The summed E-state index contributed by atoms with van der Waals surface area (Å²) in [5.74, 6) is 0.0912. The number of fused-ring (bicyclic) bond motifs is 1. The van der Waals surface area contributed by atoms with E-state index in [4.69, 9.17) is 5.73 Å². The Bertz CT molecular complexity index is 664. The third-order valence-electron chi connectivity index (χ3n) is 3.91. The second-order valence-electron chi connectivity index (χ2n) is 5.30. The lowest BCUT2D eigenvalue weighted by Gasteiger charge is -2.20. The number of hydrogen-bond donors (Lipinski definition) is 2. The van der Waals surface area contributed by atoms with Crippen molar-refractivity contribution in [3.8, 4) is 0 Å². The molecule has 3 nitrogen and oxygen atoms in total. The highest BCUT2D eigenvalue weighted by Gasteiger charge is 2.17. The van der Waals surface area contributed by atoms with Gasteiger partial charge in [0.2, 0.25) is 5.91 Å². The molecule has 0 aromatic heterocycles. The van der Waals surface area contributed by atoms with Gasteiger partial charge in [-0.25, -0.2) is 0 Å². The summed E-state index contributed by atoms with van der Waals surface area (Å²) in [5, 5.41) is 2.90. The quantitative estimate of drug-likeness (QED) is 0.878. The predicted octanol–water partition coefficient (Wildman–Crippen LogP) is 2.93. The average Bonchev–Trinajstić information content (AvgIpc) is 2.46. The van der Waals surface area contributed by atoms with Gasteiger partial charge >= 0.3 is 0 Å². The smallest absolute Gasteiger partial charge is 0.224 e. The summed E-state index contributed by atoms with van der Waals surface area (Å²) in [7, 11) is 0. The molecular formula is C17H18N2O. The van der Waals surface area contributed by atoms with Crippen LogP contribution in [0.2, 0.25) is 0 Å². The Balaban J connectivity index is 1.95. The van der Waals surface area contributed by atoms with E-state index in [9.17, 15) is 4.79 Å². The fourth-order valence-electron chi connectivity index (χ4n) is 2.71. The van der Waals surface area contributed by atoms with E-state index in [-0.39, 0.29) is 11.9 Å². The van der Waals surface area contributed by atoms with Gasteiger partial charge in [0.1, 0.15) is 0 Å². The summed E-state index contributed by atoms with van der Waals surface area (Å²) in [6.45, 7) is 2.08. The first-order valence-corrected chi connectivity index (χ1v) is 6.89. The van der Waals surface area contributed by atoms with Gasteiger partial charge < -0.3 is 11.1 Å². The fourth-order valence-corrected chi connectivity index (χ4v) is 2.71. The van der Waals surface area contributed by atoms with Crippen molar-refractivity contribution in [2.75, 3.05) is 5.32 Å². The van der Waals surface area contributed by atoms with Crippen LogP contribution < -0.4 is 11.1 Å². The number of nitrogens with two attached hydrogens (primary N) is 1. The third-order valence-corrected chi connectivity index (χ3v) is 3.91. The van der Waals surface area contributed by atoms with E-state index in [0.717, 1.165) is 23.2 Å². The van der Waals surface area contributed by atoms with Crippen molar-refractivity contribution in [1.29, 1.82) is 0 Å². The number of carbonyl (C=O) groups is 1. The molecule has 0 spiro atoms. The van der Waals surface area contributed by atoms with Crippen LogP contribution in [0.4, 0.5) is 5.69 Å². The topological polar surface area (TPSA) is 55.1 Å². The highest BCUT2D eigenvalue weighted by Crippen LogP contribution is 2.28. The lowest BCUT2D eigenvalue weighted by molar-refractivity contribution is -0.116. The van der Waals surface area contributed by atoms with E-state index in [1.807, 2.05) is 24.3 Å². The van der Waals surface area contributed by atoms with Crippen LogP contribution in [0.3, 0.4) is 0 Å². The van der Waals surface area contributed by atoms with Gasteiger partial charge in [-0.2, -0.15) is 0 Å². The number of anilines is 1. The number of amides is 1. The van der Waals surface area contributed by atoms with Crippen LogP contribution in [-0.4, -0.2) is 5.91 Å². The normalized spacial score (nSPS) is 15.4. The highest BCUT2D eigenvalue weighted by atomic mass is 16.1. The number of rotatable bonds is 2. The van der Waals surface area contributed by atoms with Crippen LogP contribution in [0, 0.1) is 6.92 Å². The Labute approximate surface area is 118 Å². The molecule has 2 aromatic carbocycles. The molecule has 102 valence electrons. The summed E-state index contributed by atoms with van der Waals surface area (Å²) in [6, 6.07) is 14.1. The summed E-state index contributed by atoms with van der Waals surface area (Å²) in [5.41, 5.74) is 11.9. The van der Waals surface area contributed by atoms with Crippen molar-refractivity contribution in [2.24, 2.45) is 5.73 Å².